The molecular weight excluding hydrogens is 244 g/mol. The minimum Gasteiger partial charge on any atom is -0.467 e. The fourth-order valence-electron chi connectivity index (χ4n) is 2.71. The van der Waals surface area contributed by atoms with Gasteiger partial charge in [0.2, 0.25) is 5.91 Å². The molecule has 5 heteroatoms. The Morgan fingerprint density at radius 2 is 1.89 bits per heavy atom. The Morgan fingerprint density at radius 3 is 2.32 bits per heavy atom. The van der Waals surface area contributed by atoms with Crippen LogP contribution in [-0.4, -0.2) is 31.6 Å². The van der Waals surface area contributed by atoms with Crippen LogP contribution in [-0.2, 0) is 14.3 Å². The van der Waals surface area contributed by atoms with Crippen LogP contribution in [0.3, 0.4) is 0 Å². The molecule has 0 aromatic carbocycles. The molecule has 1 fully saturated rings. The summed E-state index contributed by atoms with van der Waals surface area (Å²) in [5.74, 6) is -0.169. The molecule has 1 rings (SSSR count). The van der Waals surface area contributed by atoms with Gasteiger partial charge in [-0.05, 0) is 25.2 Å². The molecule has 0 heterocycles. The van der Waals surface area contributed by atoms with Crippen LogP contribution in [0.5, 0.6) is 0 Å². The molecule has 110 valence electrons. The fraction of sp³-hybridized carbons (Fsp3) is 0.857. The maximum absolute atomic E-state index is 12.4. The number of amides is 1. The Kier molecular flexibility index (Phi) is 5.79. The van der Waals surface area contributed by atoms with Crippen LogP contribution in [0.2, 0.25) is 0 Å². The molecular formula is C14H26N2O3. The molecule has 1 atom stereocenters. The summed E-state index contributed by atoms with van der Waals surface area (Å²) in [6, 6.07) is -0.568. The number of ether oxygens (including phenoxy) is 1. The summed E-state index contributed by atoms with van der Waals surface area (Å²) in [6.45, 7) is 4.36. The van der Waals surface area contributed by atoms with Gasteiger partial charge in [-0.1, -0.05) is 26.7 Å². The highest BCUT2D eigenvalue weighted by Gasteiger charge is 2.41. The normalized spacial score (nSPS) is 19.2. The summed E-state index contributed by atoms with van der Waals surface area (Å²) in [7, 11) is 1.34. The van der Waals surface area contributed by atoms with E-state index in [2.05, 4.69) is 5.32 Å². The number of carbonyl (C=O) groups is 2. The second-order valence-electron chi connectivity index (χ2n) is 5.87. The van der Waals surface area contributed by atoms with Crippen molar-refractivity contribution in [3.8, 4) is 0 Å². The molecule has 0 unspecified atom stereocenters. The number of methoxy groups -OCH3 is 1. The van der Waals surface area contributed by atoms with Gasteiger partial charge in [-0.15, -0.1) is 0 Å². The van der Waals surface area contributed by atoms with E-state index in [1.165, 1.54) is 7.11 Å². The smallest absolute Gasteiger partial charge is 0.328 e. The first-order chi connectivity index (χ1) is 8.95. The van der Waals surface area contributed by atoms with E-state index >= 15 is 0 Å². The highest BCUT2D eigenvalue weighted by Crippen LogP contribution is 2.37. The van der Waals surface area contributed by atoms with Crippen LogP contribution in [0.4, 0.5) is 0 Å². The number of nitrogens with one attached hydrogen (secondary N) is 1. The Balaban J connectivity index is 2.72. The van der Waals surface area contributed by atoms with Crippen molar-refractivity contribution < 1.29 is 14.3 Å². The third-order valence-electron chi connectivity index (χ3n) is 3.93. The lowest BCUT2D eigenvalue weighted by atomic mass is 9.84. The number of hydrogen-bond donors (Lipinski definition) is 2. The minimum atomic E-state index is -0.568. The third-order valence-corrected chi connectivity index (χ3v) is 3.93. The Bertz CT molecular complexity index is 323. The maximum atomic E-state index is 12.4. The average molecular weight is 270 g/mol. The molecule has 0 aliphatic heterocycles. The first kappa shape index (κ1) is 16.0. The van der Waals surface area contributed by atoms with Crippen molar-refractivity contribution in [2.24, 2.45) is 17.1 Å². The summed E-state index contributed by atoms with van der Waals surface area (Å²) in [5, 5.41) is 2.84. The Labute approximate surface area is 115 Å². The minimum absolute atomic E-state index is 0.0939. The van der Waals surface area contributed by atoms with Crippen molar-refractivity contribution >= 4 is 11.9 Å². The van der Waals surface area contributed by atoms with Crippen molar-refractivity contribution in [2.75, 3.05) is 13.7 Å². The molecule has 0 spiro atoms. The van der Waals surface area contributed by atoms with E-state index in [1.54, 1.807) is 0 Å². The largest absolute Gasteiger partial charge is 0.467 e. The Hall–Kier alpha value is -1.10. The first-order valence-corrected chi connectivity index (χ1v) is 7.04. The lowest BCUT2D eigenvalue weighted by Gasteiger charge is -2.28. The monoisotopic (exact) mass is 270 g/mol. The summed E-state index contributed by atoms with van der Waals surface area (Å²) in [4.78, 5) is 24.1. The van der Waals surface area contributed by atoms with Crippen molar-refractivity contribution in [2.45, 2.75) is 52.0 Å². The molecule has 3 N–H and O–H groups in total. The van der Waals surface area contributed by atoms with E-state index < -0.39 is 11.5 Å². The van der Waals surface area contributed by atoms with E-state index in [0.717, 1.165) is 25.7 Å². The maximum Gasteiger partial charge on any atom is 0.328 e. The molecule has 1 aliphatic rings. The van der Waals surface area contributed by atoms with E-state index in [9.17, 15) is 9.59 Å². The van der Waals surface area contributed by atoms with Crippen molar-refractivity contribution in [3.63, 3.8) is 0 Å². The predicted molar refractivity (Wildman–Crippen MR) is 73.4 cm³/mol. The zero-order valence-corrected chi connectivity index (χ0v) is 12.2. The van der Waals surface area contributed by atoms with Gasteiger partial charge in [0.1, 0.15) is 6.04 Å². The molecule has 1 amide bonds. The summed E-state index contributed by atoms with van der Waals surface area (Å²) >= 11 is 0. The van der Waals surface area contributed by atoms with E-state index in [4.69, 9.17) is 10.5 Å². The van der Waals surface area contributed by atoms with Crippen molar-refractivity contribution in [3.05, 3.63) is 0 Å². The van der Waals surface area contributed by atoms with E-state index in [1.807, 2.05) is 13.8 Å². The molecule has 0 saturated heterocycles. The average Bonchev–Trinajstić information content (AvgIpc) is 2.86. The number of nitrogens with two attached hydrogens (primary N) is 1. The molecule has 1 saturated carbocycles. The second-order valence-corrected chi connectivity index (χ2v) is 5.87. The zero-order valence-electron chi connectivity index (χ0n) is 12.2. The summed E-state index contributed by atoms with van der Waals surface area (Å²) in [5.41, 5.74) is 5.30. The van der Waals surface area contributed by atoms with Gasteiger partial charge in [-0.2, -0.15) is 0 Å². The highest BCUT2D eigenvalue weighted by molar-refractivity contribution is 5.88. The van der Waals surface area contributed by atoms with Crippen LogP contribution in [0, 0.1) is 11.3 Å². The van der Waals surface area contributed by atoms with Gasteiger partial charge in [0.05, 0.1) is 12.5 Å². The molecule has 0 radical (unpaired) electrons. The van der Waals surface area contributed by atoms with Crippen LogP contribution in [0.15, 0.2) is 0 Å². The number of hydrogen-bond acceptors (Lipinski definition) is 4. The van der Waals surface area contributed by atoms with Gasteiger partial charge in [0, 0.05) is 6.54 Å². The van der Waals surface area contributed by atoms with Crippen LogP contribution in [0.1, 0.15) is 46.0 Å². The number of rotatable bonds is 6. The lowest BCUT2D eigenvalue weighted by Crippen LogP contribution is -2.51. The zero-order chi connectivity index (χ0) is 14.5. The highest BCUT2D eigenvalue weighted by atomic mass is 16.5. The second kappa shape index (κ2) is 6.89. The van der Waals surface area contributed by atoms with Gasteiger partial charge in [-0.3, -0.25) is 4.79 Å². The van der Waals surface area contributed by atoms with Gasteiger partial charge in [0.25, 0.3) is 0 Å². The van der Waals surface area contributed by atoms with E-state index in [0.29, 0.717) is 18.9 Å². The van der Waals surface area contributed by atoms with Gasteiger partial charge in [0.15, 0.2) is 0 Å². The predicted octanol–water partition coefficient (Wildman–Crippen LogP) is 1.21. The van der Waals surface area contributed by atoms with Crippen molar-refractivity contribution in [1.82, 2.24) is 5.32 Å². The molecule has 19 heavy (non-hydrogen) atoms. The standard InChI is InChI=1S/C14H26N2O3/c1-10(2)8-11(12(17)19-3)16-13(18)14(9-15)6-4-5-7-14/h10-11H,4-9,15H2,1-3H3,(H,16,18)/t11-/m0/s1. The first-order valence-electron chi connectivity index (χ1n) is 7.04. The number of carbonyl (C=O) groups excluding carboxylic acids is 2. The topological polar surface area (TPSA) is 81.4 Å². The molecule has 5 nitrogen and oxygen atoms in total. The third kappa shape index (κ3) is 3.93. The van der Waals surface area contributed by atoms with E-state index in [-0.39, 0.29) is 11.9 Å². The van der Waals surface area contributed by atoms with Gasteiger partial charge in [-0.25, -0.2) is 4.79 Å². The fourth-order valence-corrected chi connectivity index (χ4v) is 2.71. The number of esters is 1. The quantitative estimate of drug-likeness (QED) is 0.711. The Morgan fingerprint density at radius 1 is 1.32 bits per heavy atom. The van der Waals surface area contributed by atoms with Crippen LogP contribution < -0.4 is 11.1 Å². The van der Waals surface area contributed by atoms with Gasteiger partial charge < -0.3 is 15.8 Å². The summed E-state index contributed by atoms with van der Waals surface area (Å²) < 4.78 is 4.76. The lowest BCUT2D eigenvalue weighted by molar-refractivity contribution is -0.147. The van der Waals surface area contributed by atoms with Crippen LogP contribution in [0.25, 0.3) is 0 Å². The van der Waals surface area contributed by atoms with Gasteiger partial charge >= 0.3 is 5.97 Å². The SMILES string of the molecule is COC(=O)[C@H](CC(C)C)NC(=O)C1(CN)CCCC1. The molecule has 0 bridgehead atoms. The van der Waals surface area contributed by atoms with Crippen molar-refractivity contribution in [1.29, 1.82) is 0 Å². The summed E-state index contributed by atoms with van der Waals surface area (Å²) in [6.07, 6.45) is 4.25. The molecule has 0 aromatic heterocycles. The molecule has 1 aliphatic carbocycles. The van der Waals surface area contributed by atoms with Crippen LogP contribution >= 0.6 is 0 Å². The molecule has 0 aromatic rings.